The molecule has 0 bridgehead atoms. The molecular formula is C23H13Cl2N3O2. The highest BCUT2D eigenvalue weighted by molar-refractivity contribution is 6.36. The number of benzene rings is 2. The number of rotatable bonds is 4. The predicted octanol–water partition coefficient (Wildman–Crippen LogP) is 6.35. The minimum Gasteiger partial charge on any atom is -0.457 e. The lowest BCUT2D eigenvalue weighted by molar-refractivity contribution is -0.112. The third-order valence-electron chi connectivity index (χ3n) is 4.36. The Kier molecular flexibility index (Phi) is 5.53. The molecule has 0 saturated carbocycles. The molecule has 146 valence electrons. The van der Waals surface area contributed by atoms with Gasteiger partial charge in [-0.25, -0.2) is 0 Å². The summed E-state index contributed by atoms with van der Waals surface area (Å²) in [5, 5.41) is 14.1. The van der Waals surface area contributed by atoms with Gasteiger partial charge in [-0.05, 0) is 42.5 Å². The second-order valence-electron chi connectivity index (χ2n) is 6.33. The molecule has 0 aliphatic heterocycles. The van der Waals surface area contributed by atoms with Crippen LogP contribution in [0.25, 0.3) is 28.3 Å². The predicted molar refractivity (Wildman–Crippen MR) is 118 cm³/mol. The number of hydrogen-bond donors (Lipinski definition) is 1. The van der Waals surface area contributed by atoms with Crippen molar-refractivity contribution in [2.24, 2.45) is 0 Å². The van der Waals surface area contributed by atoms with Gasteiger partial charge >= 0.3 is 0 Å². The molecule has 2 aromatic heterocycles. The minimum absolute atomic E-state index is 0.106. The molecular weight excluding hydrogens is 421 g/mol. The van der Waals surface area contributed by atoms with Crippen LogP contribution in [0, 0.1) is 11.3 Å². The Morgan fingerprint density at radius 3 is 2.73 bits per heavy atom. The summed E-state index contributed by atoms with van der Waals surface area (Å²) in [5.41, 5.74) is 1.71. The number of hydrogen-bond acceptors (Lipinski definition) is 4. The highest BCUT2D eigenvalue weighted by atomic mass is 35.5. The van der Waals surface area contributed by atoms with Crippen molar-refractivity contribution in [3.05, 3.63) is 88.2 Å². The van der Waals surface area contributed by atoms with Gasteiger partial charge in [0, 0.05) is 28.2 Å². The van der Waals surface area contributed by atoms with Gasteiger partial charge in [-0.15, -0.1) is 0 Å². The number of carbonyl (C=O) groups excluding carboxylic acids is 1. The highest BCUT2D eigenvalue weighted by Gasteiger charge is 2.14. The van der Waals surface area contributed by atoms with Crippen LogP contribution < -0.4 is 5.32 Å². The normalized spacial score (nSPS) is 11.3. The average molecular weight is 434 g/mol. The van der Waals surface area contributed by atoms with Gasteiger partial charge in [0.2, 0.25) is 0 Å². The van der Waals surface area contributed by atoms with E-state index in [-0.39, 0.29) is 5.57 Å². The Bertz CT molecular complexity index is 1330. The lowest BCUT2D eigenvalue weighted by Crippen LogP contribution is -2.13. The SMILES string of the molecule is N#CC(=Cc1ccc(-c2ccc(Cl)cc2Cl)o1)C(=O)Nc1cccc2cccnc12. The first-order valence-electron chi connectivity index (χ1n) is 8.87. The summed E-state index contributed by atoms with van der Waals surface area (Å²) in [6.07, 6.45) is 3.02. The van der Waals surface area contributed by atoms with E-state index in [4.69, 9.17) is 27.6 Å². The van der Waals surface area contributed by atoms with Crippen molar-refractivity contribution in [1.29, 1.82) is 5.26 Å². The average Bonchev–Trinajstić information content (AvgIpc) is 3.20. The third kappa shape index (κ3) is 4.06. The van der Waals surface area contributed by atoms with Crippen LogP contribution in [0.1, 0.15) is 5.76 Å². The topological polar surface area (TPSA) is 78.9 Å². The molecule has 1 amide bonds. The monoisotopic (exact) mass is 433 g/mol. The van der Waals surface area contributed by atoms with Crippen LogP contribution in [0.5, 0.6) is 0 Å². The maximum atomic E-state index is 12.7. The summed E-state index contributed by atoms with van der Waals surface area (Å²) in [6.45, 7) is 0. The van der Waals surface area contributed by atoms with Crippen molar-refractivity contribution >= 4 is 51.8 Å². The first kappa shape index (κ1) is 19.7. The molecule has 4 rings (SSSR count). The zero-order chi connectivity index (χ0) is 21.1. The van der Waals surface area contributed by atoms with E-state index in [1.807, 2.05) is 30.3 Å². The quantitative estimate of drug-likeness (QED) is 0.300. The summed E-state index contributed by atoms with van der Waals surface area (Å²) in [7, 11) is 0. The van der Waals surface area contributed by atoms with Crippen LogP contribution in [0.4, 0.5) is 5.69 Å². The number of carbonyl (C=O) groups is 1. The fourth-order valence-electron chi connectivity index (χ4n) is 2.95. The number of anilines is 1. The lowest BCUT2D eigenvalue weighted by Gasteiger charge is -2.07. The molecule has 4 aromatic rings. The smallest absolute Gasteiger partial charge is 0.266 e. The van der Waals surface area contributed by atoms with E-state index >= 15 is 0 Å². The fourth-order valence-corrected chi connectivity index (χ4v) is 3.45. The molecule has 0 radical (unpaired) electrons. The van der Waals surface area contributed by atoms with E-state index < -0.39 is 5.91 Å². The van der Waals surface area contributed by atoms with Crippen LogP contribution in [-0.4, -0.2) is 10.9 Å². The second-order valence-corrected chi connectivity index (χ2v) is 7.17. The van der Waals surface area contributed by atoms with Crippen LogP contribution >= 0.6 is 23.2 Å². The van der Waals surface area contributed by atoms with Crippen LogP contribution in [0.15, 0.2) is 76.9 Å². The lowest BCUT2D eigenvalue weighted by atomic mass is 10.1. The molecule has 2 aromatic carbocycles. The van der Waals surface area contributed by atoms with Crippen molar-refractivity contribution in [3.63, 3.8) is 0 Å². The standard InChI is InChI=1S/C23H13Cl2N3O2/c24-16-6-8-18(19(25)12-16)21-9-7-17(30-21)11-15(13-26)23(29)28-20-5-1-3-14-4-2-10-27-22(14)20/h1-12H,(H,28,29). The number of aromatic nitrogens is 1. The molecule has 0 unspecified atom stereocenters. The fraction of sp³-hybridized carbons (Fsp3) is 0. The molecule has 30 heavy (non-hydrogen) atoms. The molecule has 2 heterocycles. The van der Waals surface area contributed by atoms with Crippen molar-refractivity contribution in [3.8, 4) is 17.4 Å². The summed E-state index contributed by atoms with van der Waals surface area (Å²) in [6, 6.07) is 19.5. The van der Waals surface area contributed by atoms with Crippen LogP contribution in [0.2, 0.25) is 10.0 Å². The third-order valence-corrected chi connectivity index (χ3v) is 4.90. The number of pyridine rings is 1. The number of amides is 1. The summed E-state index contributed by atoms with van der Waals surface area (Å²) < 4.78 is 5.75. The Labute approximate surface area is 182 Å². The first-order chi connectivity index (χ1) is 14.5. The zero-order valence-electron chi connectivity index (χ0n) is 15.4. The highest BCUT2D eigenvalue weighted by Crippen LogP contribution is 2.32. The van der Waals surface area contributed by atoms with Gasteiger partial charge in [0.15, 0.2) is 0 Å². The van der Waals surface area contributed by atoms with Gasteiger partial charge in [0.1, 0.15) is 23.2 Å². The van der Waals surface area contributed by atoms with E-state index in [0.717, 1.165) is 5.39 Å². The van der Waals surface area contributed by atoms with Gasteiger partial charge in [0.05, 0.1) is 16.2 Å². The Morgan fingerprint density at radius 1 is 1.10 bits per heavy atom. The summed E-state index contributed by atoms with van der Waals surface area (Å²) in [4.78, 5) is 17.0. The van der Waals surface area contributed by atoms with E-state index in [1.165, 1.54) is 6.08 Å². The zero-order valence-corrected chi connectivity index (χ0v) is 16.9. The molecule has 1 N–H and O–H groups in total. The molecule has 0 aliphatic carbocycles. The van der Waals surface area contributed by atoms with Crippen molar-refractivity contribution in [1.82, 2.24) is 4.98 Å². The summed E-state index contributed by atoms with van der Waals surface area (Å²) in [5.74, 6) is 0.288. The van der Waals surface area contributed by atoms with E-state index in [1.54, 1.807) is 42.6 Å². The molecule has 0 saturated heterocycles. The number of nitrogens with zero attached hydrogens (tertiary/aromatic N) is 2. The molecule has 5 nitrogen and oxygen atoms in total. The van der Waals surface area contributed by atoms with Crippen LogP contribution in [-0.2, 0) is 4.79 Å². The number of halogens is 2. The van der Waals surface area contributed by atoms with Gasteiger partial charge in [-0.2, -0.15) is 5.26 Å². The minimum atomic E-state index is -0.557. The van der Waals surface area contributed by atoms with Crippen molar-refractivity contribution < 1.29 is 9.21 Å². The molecule has 7 heteroatoms. The Hall–Kier alpha value is -3.59. The first-order valence-corrected chi connectivity index (χ1v) is 9.63. The number of fused-ring (bicyclic) bond motifs is 1. The number of furan rings is 1. The van der Waals surface area contributed by atoms with Gasteiger partial charge in [-0.3, -0.25) is 9.78 Å². The van der Waals surface area contributed by atoms with Crippen molar-refractivity contribution in [2.75, 3.05) is 5.32 Å². The number of nitriles is 1. The van der Waals surface area contributed by atoms with E-state index in [0.29, 0.717) is 38.3 Å². The van der Waals surface area contributed by atoms with E-state index in [2.05, 4.69) is 10.3 Å². The molecule has 0 fully saturated rings. The maximum absolute atomic E-state index is 12.7. The molecule has 0 spiro atoms. The Morgan fingerprint density at radius 2 is 1.93 bits per heavy atom. The van der Waals surface area contributed by atoms with Crippen LogP contribution in [0.3, 0.4) is 0 Å². The summed E-state index contributed by atoms with van der Waals surface area (Å²) >= 11 is 12.1. The van der Waals surface area contributed by atoms with Gasteiger partial charge in [-0.1, -0.05) is 41.4 Å². The largest absolute Gasteiger partial charge is 0.457 e. The van der Waals surface area contributed by atoms with E-state index in [9.17, 15) is 10.1 Å². The Balaban J connectivity index is 1.60. The number of para-hydroxylation sites is 1. The molecule has 0 atom stereocenters. The van der Waals surface area contributed by atoms with Gasteiger partial charge < -0.3 is 9.73 Å². The van der Waals surface area contributed by atoms with Gasteiger partial charge in [0.25, 0.3) is 5.91 Å². The second kappa shape index (κ2) is 8.42. The molecule has 0 aliphatic rings. The van der Waals surface area contributed by atoms with Crippen molar-refractivity contribution in [2.45, 2.75) is 0 Å². The number of nitrogens with one attached hydrogen (secondary N) is 1. The maximum Gasteiger partial charge on any atom is 0.266 e.